The Morgan fingerprint density at radius 2 is 1.43 bits per heavy atom. The molecule has 0 aliphatic carbocycles. The van der Waals surface area contributed by atoms with E-state index in [0.717, 1.165) is 32.1 Å². The Morgan fingerprint density at radius 1 is 0.864 bits per heavy atom. The number of carbonyl (C=O) groups is 4. The van der Waals surface area contributed by atoms with Crippen LogP contribution >= 0.6 is 0 Å². The van der Waals surface area contributed by atoms with Crippen LogP contribution in [0.25, 0.3) is 0 Å². The minimum atomic E-state index is -1.19. The van der Waals surface area contributed by atoms with E-state index in [0.29, 0.717) is 17.5 Å². The fourth-order valence-corrected chi connectivity index (χ4v) is 4.60. The first kappa shape index (κ1) is 35.9. The second-order valence-corrected chi connectivity index (χ2v) is 11.7. The maximum Gasteiger partial charge on any atom is 0.408 e. The summed E-state index contributed by atoms with van der Waals surface area (Å²) in [7, 11) is 1.20. The SMILES string of the molecule is CCCCCCCCN(C(=O)C(Cc1ccc(O)cc1)NC(=O)OC(C)(C)C)C(C(=O)NCC(=O)OC)c1ccc(O)cc1. The molecular formula is C33H47N3O8. The Morgan fingerprint density at radius 3 is 2.00 bits per heavy atom. The molecule has 0 bridgehead atoms. The van der Waals surface area contributed by atoms with Gasteiger partial charge in [0.25, 0.3) is 0 Å². The summed E-state index contributed by atoms with van der Waals surface area (Å²) in [6, 6.07) is 9.83. The number of alkyl carbamates (subject to hydrolysis) is 1. The van der Waals surface area contributed by atoms with Crippen LogP contribution in [0.3, 0.4) is 0 Å². The van der Waals surface area contributed by atoms with Crippen LogP contribution in [0.5, 0.6) is 11.5 Å². The summed E-state index contributed by atoms with van der Waals surface area (Å²) in [5, 5.41) is 24.9. The molecule has 44 heavy (non-hydrogen) atoms. The van der Waals surface area contributed by atoms with Crippen LogP contribution in [0.4, 0.5) is 4.79 Å². The van der Waals surface area contributed by atoms with Crippen molar-refractivity contribution < 1.29 is 38.9 Å². The number of hydrogen-bond acceptors (Lipinski definition) is 8. The largest absolute Gasteiger partial charge is 0.508 e. The van der Waals surface area contributed by atoms with Gasteiger partial charge in [0, 0.05) is 13.0 Å². The number of phenolic OH excluding ortho intramolecular Hbond substituents is 2. The van der Waals surface area contributed by atoms with Crippen LogP contribution in [0.1, 0.15) is 83.4 Å². The number of rotatable bonds is 16. The van der Waals surface area contributed by atoms with Gasteiger partial charge in [-0.25, -0.2) is 4.79 Å². The van der Waals surface area contributed by atoms with Crippen molar-refractivity contribution in [1.29, 1.82) is 0 Å². The highest BCUT2D eigenvalue weighted by Gasteiger charge is 2.36. The molecule has 0 aromatic heterocycles. The number of nitrogens with zero attached hydrogens (tertiary/aromatic N) is 1. The first-order chi connectivity index (χ1) is 20.8. The third-order valence-corrected chi connectivity index (χ3v) is 6.80. The molecule has 0 fully saturated rings. The van der Waals surface area contributed by atoms with E-state index < -0.39 is 48.1 Å². The highest BCUT2D eigenvalue weighted by atomic mass is 16.6. The number of unbranched alkanes of at least 4 members (excludes halogenated alkanes) is 5. The summed E-state index contributed by atoms with van der Waals surface area (Å²) in [5.41, 5.74) is 0.245. The number of nitrogens with one attached hydrogen (secondary N) is 2. The fraction of sp³-hybridized carbons (Fsp3) is 0.515. The number of hydrogen-bond donors (Lipinski definition) is 4. The molecule has 2 aromatic carbocycles. The van der Waals surface area contributed by atoms with Crippen molar-refractivity contribution in [2.24, 2.45) is 0 Å². The Hall–Kier alpha value is -4.28. The summed E-state index contributed by atoms with van der Waals surface area (Å²) in [6.45, 7) is 7.03. The van der Waals surface area contributed by atoms with Crippen LogP contribution in [-0.4, -0.2) is 70.8 Å². The molecule has 11 nitrogen and oxygen atoms in total. The van der Waals surface area contributed by atoms with Crippen LogP contribution in [0.2, 0.25) is 0 Å². The zero-order valence-electron chi connectivity index (χ0n) is 26.4. The maximum absolute atomic E-state index is 14.4. The lowest BCUT2D eigenvalue weighted by atomic mass is 9.99. The summed E-state index contributed by atoms with van der Waals surface area (Å²) in [6.07, 6.45) is 4.86. The molecule has 0 radical (unpaired) electrons. The molecule has 4 N–H and O–H groups in total. The predicted octanol–water partition coefficient (Wildman–Crippen LogP) is 4.75. The number of esters is 1. The van der Waals surface area contributed by atoms with E-state index in [1.807, 2.05) is 0 Å². The molecule has 0 aliphatic rings. The van der Waals surface area contributed by atoms with Gasteiger partial charge in [-0.2, -0.15) is 0 Å². The Bertz CT molecular complexity index is 1210. The van der Waals surface area contributed by atoms with Gasteiger partial charge in [-0.05, 0) is 62.6 Å². The van der Waals surface area contributed by atoms with Crippen molar-refractivity contribution in [3.63, 3.8) is 0 Å². The van der Waals surface area contributed by atoms with Gasteiger partial charge < -0.3 is 35.2 Å². The van der Waals surface area contributed by atoms with Gasteiger partial charge in [-0.1, -0.05) is 63.3 Å². The Labute approximate surface area is 259 Å². The lowest BCUT2D eigenvalue weighted by Crippen LogP contribution is -2.54. The monoisotopic (exact) mass is 613 g/mol. The van der Waals surface area contributed by atoms with E-state index in [1.165, 1.54) is 48.4 Å². The smallest absolute Gasteiger partial charge is 0.408 e. The van der Waals surface area contributed by atoms with Crippen molar-refractivity contribution in [3.05, 3.63) is 59.7 Å². The van der Waals surface area contributed by atoms with E-state index in [-0.39, 0.29) is 24.5 Å². The quantitative estimate of drug-likeness (QED) is 0.156. The van der Waals surface area contributed by atoms with Gasteiger partial charge >= 0.3 is 12.1 Å². The number of ether oxygens (including phenoxy) is 2. The standard InChI is InChI=1S/C33H47N3O8/c1-6-7-8-9-10-11-20-36(29(24-14-18-26(38)19-15-24)30(40)34-22-28(39)43-5)31(41)27(35-32(42)44-33(2,3)4)21-23-12-16-25(37)17-13-23/h12-19,27,29,37-38H,6-11,20-22H2,1-5H3,(H,34,40)(H,35,42). The molecule has 2 aromatic rings. The second kappa shape index (κ2) is 17.7. The molecule has 0 heterocycles. The van der Waals surface area contributed by atoms with Crippen molar-refractivity contribution >= 4 is 23.9 Å². The molecule has 2 atom stereocenters. The van der Waals surface area contributed by atoms with Gasteiger partial charge in [-0.15, -0.1) is 0 Å². The Kier molecular flexibility index (Phi) is 14.5. The molecular weight excluding hydrogens is 566 g/mol. The number of aromatic hydroxyl groups is 2. The normalized spacial score (nSPS) is 12.5. The average Bonchev–Trinajstić information content (AvgIpc) is 2.97. The highest BCUT2D eigenvalue weighted by molar-refractivity contribution is 5.93. The van der Waals surface area contributed by atoms with Gasteiger partial charge in [-0.3, -0.25) is 14.4 Å². The third-order valence-electron chi connectivity index (χ3n) is 6.80. The van der Waals surface area contributed by atoms with Crippen molar-refractivity contribution in [2.45, 2.75) is 90.3 Å². The lowest BCUT2D eigenvalue weighted by Gasteiger charge is -2.34. The average molecular weight is 614 g/mol. The van der Waals surface area contributed by atoms with Gasteiger partial charge in [0.15, 0.2) is 0 Å². The Balaban J connectivity index is 2.53. The molecule has 3 amide bonds. The van der Waals surface area contributed by atoms with Gasteiger partial charge in [0.05, 0.1) is 7.11 Å². The van der Waals surface area contributed by atoms with Crippen LogP contribution < -0.4 is 10.6 Å². The highest BCUT2D eigenvalue weighted by Crippen LogP contribution is 2.26. The van der Waals surface area contributed by atoms with E-state index in [2.05, 4.69) is 22.3 Å². The zero-order chi connectivity index (χ0) is 32.7. The van der Waals surface area contributed by atoms with E-state index in [1.54, 1.807) is 32.9 Å². The maximum atomic E-state index is 14.4. The first-order valence-electron chi connectivity index (χ1n) is 15.1. The van der Waals surface area contributed by atoms with Crippen molar-refractivity contribution in [2.75, 3.05) is 20.2 Å². The van der Waals surface area contributed by atoms with E-state index in [4.69, 9.17) is 4.74 Å². The van der Waals surface area contributed by atoms with Crippen molar-refractivity contribution in [3.8, 4) is 11.5 Å². The number of methoxy groups -OCH3 is 1. The van der Waals surface area contributed by atoms with E-state index >= 15 is 0 Å². The van der Waals surface area contributed by atoms with Gasteiger partial charge in [0.1, 0.15) is 35.7 Å². The van der Waals surface area contributed by atoms with Crippen LogP contribution in [-0.2, 0) is 30.3 Å². The molecule has 2 unspecified atom stereocenters. The molecule has 242 valence electrons. The lowest BCUT2D eigenvalue weighted by molar-refractivity contribution is -0.144. The van der Waals surface area contributed by atoms with Gasteiger partial charge in [0.2, 0.25) is 11.8 Å². The molecule has 11 heteroatoms. The predicted molar refractivity (Wildman–Crippen MR) is 166 cm³/mol. The first-order valence-corrected chi connectivity index (χ1v) is 15.1. The fourth-order valence-electron chi connectivity index (χ4n) is 4.60. The van der Waals surface area contributed by atoms with Crippen molar-refractivity contribution in [1.82, 2.24) is 15.5 Å². The molecule has 2 rings (SSSR count). The zero-order valence-corrected chi connectivity index (χ0v) is 26.4. The number of carbonyl (C=O) groups excluding carboxylic acids is 4. The summed E-state index contributed by atoms with van der Waals surface area (Å²) >= 11 is 0. The van der Waals surface area contributed by atoms with Crippen LogP contribution in [0.15, 0.2) is 48.5 Å². The summed E-state index contributed by atoms with van der Waals surface area (Å²) in [4.78, 5) is 54.3. The third kappa shape index (κ3) is 12.5. The van der Waals surface area contributed by atoms with Crippen LogP contribution in [0, 0.1) is 0 Å². The molecule has 0 saturated heterocycles. The second-order valence-electron chi connectivity index (χ2n) is 11.7. The summed E-state index contributed by atoms with van der Waals surface area (Å²) in [5.74, 6) is -1.79. The topological polar surface area (TPSA) is 154 Å². The molecule has 0 spiro atoms. The minimum Gasteiger partial charge on any atom is -0.508 e. The van der Waals surface area contributed by atoms with E-state index in [9.17, 15) is 29.4 Å². The minimum absolute atomic E-state index is 0.0203. The molecule has 0 saturated carbocycles. The molecule has 0 aliphatic heterocycles. The number of phenols is 2. The number of amides is 3. The number of benzene rings is 2. The summed E-state index contributed by atoms with van der Waals surface area (Å²) < 4.78 is 10.1.